The van der Waals surface area contributed by atoms with Crippen LogP contribution < -0.4 is 10.1 Å². The van der Waals surface area contributed by atoms with E-state index in [1.807, 2.05) is 56.4 Å². The molecule has 1 aliphatic carbocycles. The van der Waals surface area contributed by atoms with Gasteiger partial charge >= 0.3 is 6.09 Å². The first-order valence-electron chi connectivity index (χ1n) is 11.2. The van der Waals surface area contributed by atoms with Crippen molar-refractivity contribution in [1.29, 1.82) is 0 Å². The largest absolute Gasteiger partial charge is 0.489 e. The van der Waals surface area contributed by atoms with E-state index in [0.717, 1.165) is 41.1 Å². The number of carbonyl (C=O) groups excluding carboxylic acids is 1. The molecule has 0 unspecified atom stereocenters. The van der Waals surface area contributed by atoms with Crippen molar-refractivity contribution in [2.24, 2.45) is 7.05 Å². The van der Waals surface area contributed by atoms with Gasteiger partial charge in [-0.05, 0) is 50.3 Å². The van der Waals surface area contributed by atoms with Crippen LogP contribution in [0.1, 0.15) is 56.4 Å². The summed E-state index contributed by atoms with van der Waals surface area (Å²) in [7, 11) is 1.85. The van der Waals surface area contributed by atoms with E-state index in [1.165, 1.54) is 19.3 Å². The zero-order valence-electron chi connectivity index (χ0n) is 18.7. The van der Waals surface area contributed by atoms with E-state index in [4.69, 9.17) is 9.47 Å². The van der Waals surface area contributed by atoms with Crippen molar-refractivity contribution in [2.75, 3.05) is 0 Å². The Balaban J connectivity index is 1.37. The maximum Gasteiger partial charge on any atom is 0.408 e. The fourth-order valence-electron chi connectivity index (χ4n) is 4.02. The molecule has 2 heterocycles. The van der Waals surface area contributed by atoms with Gasteiger partial charge in [0, 0.05) is 12.6 Å². The van der Waals surface area contributed by atoms with Crippen molar-refractivity contribution >= 4 is 6.09 Å². The lowest BCUT2D eigenvalue weighted by Gasteiger charge is -2.22. The number of ether oxygens (including phenoxy) is 2. The van der Waals surface area contributed by atoms with E-state index in [1.54, 1.807) is 17.1 Å². The Morgan fingerprint density at radius 1 is 1.12 bits per heavy atom. The maximum absolute atomic E-state index is 12.3. The minimum atomic E-state index is -0.474. The van der Waals surface area contributed by atoms with Gasteiger partial charge in [0.1, 0.15) is 11.9 Å². The molecule has 0 saturated heterocycles. The Hall–Kier alpha value is -3.35. The van der Waals surface area contributed by atoms with E-state index >= 15 is 0 Å². The van der Waals surface area contributed by atoms with Crippen LogP contribution in [0, 0.1) is 0 Å². The first kappa shape index (κ1) is 21.9. The highest BCUT2D eigenvalue weighted by atomic mass is 16.6. The molecule has 7 nitrogen and oxygen atoms in total. The predicted octanol–water partition coefficient (Wildman–Crippen LogP) is 5.18. The molecular weight excluding hydrogens is 404 g/mol. The van der Waals surface area contributed by atoms with Crippen molar-refractivity contribution in [2.45, 2.75) is 57.8 Å². The van der Waals surface area contributed by atoms with Gasteiger partial charge < -0.3 is 14.8 Å². The van der Waals surface area contributed by atoms with E-state index in [-0.39, 0.29) is 12.6 Å². The molecule has 0 spiro atoms. The van der Waals surface area contributed by atoms with Crippen molar-refractivity contribution in [3.05, 3.63) is 66.1 Å². The Labute approximate surface area is 188 Å². The van der Waals surface area contributed by atoms with E-state index in [2.05, 4.69) is 15.4 Å². The number of aromatic nitrogens is 3. The summed E-state index contributed by atoms with van der Waals surface area (Å²) in [6.45, 7) is 2.14. The molecule has 1 N–H and O–H groups in total. The van der Waals surface area contributed by atoms with Crippen LogP contribution in [-0.2, 0) is 18.3 Å². The summed E-state index contributed by atoms with van der Waals surface area (Å²) < 4.78 is 13.3. The topological polar surface area (TPSA) is 78.3 Å². The number of hydrogen-bond acceptors (Lipinski definition) is 5. The molecule has 1 atom stereocenters. The second-order valence-corrected chi connectivity index (χ2v) is 8.20. The second kappa shape index (κ2) is 10.3. The number of aryl methyl sites for hydroxylation is 1. The highest BCUT2D eigenvalue weighted by Crippen LogP contribution is 2.26. The van der Waals surface area contributed by atoms with Gasteiger partial charge in [-0.15, -0.1) is 0 Å². The normalized spacial score (nSPS) is 15.2. The zero-order chi connectivity index (χ0) is 22.3. The number of rotatable bonds is 7. The van der Waals surface area contributed by atoms with Crippen molar-refractivity contribution in [3.63, 3.8) is 0 Å². The number of nitrogens with one attached hydrogen (secondary N) is 1. The molecule has 7 heteroatoms. The lowest BCUT2D eigenvalue weighted by atomic mass is 9.98. The third-order valence-corrected chi connectivity index (χ3v) is 5.88. The predicted molar refractivity (Wildman–Crippen MR) is 122 cm³/mol. The minimum Gasteiger partial charge on any atom is -0.489 e. The number of amides is 1. The van der Waals surface area contributed by atoms with Gasteiger partial charge in [0.15, 0.2) is 0 Å². The van der Waals surface area contributed by atoms with Crippen LogP contribution in [0.15, 0.2) is 54.9 Å². The minimum absolute atomic E-state index is 0.286. The average molecular weight is 435 g/mol. The van der Waals surface area contributed by atoms with Crippen molar-refractivity contribution in [1.82, 2.24) is 20.1 Å². The third-order valence-electron chi connectivity index (χ3n) is 5.88. The van der Waals surface area contributed by atoms with Crippen LogP contribution in [-0.4, -0.2) is 27.0 Å². The molecule has 1 fully saturated rings. The number of pyridine rings is 1. The molecule has 3 aromatic rings. The molecule has 0 aliphatic heterocycles. The van der Waals surface area contributed by atoms with Gasteiger partial charge in [0.2, 0.25) is 0 Å². The van der Waals surface area contributed by atoms with Crippen LogP contribution in [0.3, 0.4) is 0 Å². The Kier molecular flexibility index (Phi) is 7.04. The third kappa shape index (κ3) is 5.46. The van der Waals surface area contributed by atoms with E-state index < -0.39 is 6.09 Å². The quantitative estimate of drug-likeness (QED) is 0.554. The number of alkyl carbamates (subject to hydrolysis) is 1. The number of nitrogens with zero attached hydrogens (tertiary/aromatic N) is 3. The summed E-state index contributed by atoms with van der Waals surface area (Å²) in [5, 5.41) is 7.18. The summed E-state index contributed by atoms with van der Waals surface area (Å²) >= 11 is 0. The van der Waals surface area contributed by atoms with Gasteiger partial charge in [-0.1, -0.05) is 36.8 Å². The van der Waals surface area contributed by atoms with Crippen LogP contribution in [0.5, 0.6) is 5.75 Å². The highest BCUT2D eigenvalue weighted by molar-refractivity contribution is 5.68. The van der Waals surface area contributed by atoms with E-state index in [9.17, 15) is 4.79 Å². The fourth-order valence-corrected chi connectivity index (χ4v) is 4.02. The Bertz CT molecular complexity index is 1010. The monoisotopic (exact) mass is 434 g/mol. The van der Waals surface area contributed by atoms with Crippen LogP contribution in [0.25, 0.3) is 11.3 Å². The molecule has 32 heavy (non-hydrogen) atoms. The van der Waals surface area contributed by atoms with Crippen molar-refractivity contribution in [3.8, 4) is 17.0 Å². The van der Waals surface area contributed by atoms with Gasteiger partial charge in [0.25, 0.3) is 0 Å². The molecule has 1 aromatic carbocycles. The van der Waals surface area contributed by atoms with Crippen LogP contribution in [0.2, 0.25) is 0 Å². The van der Waals surface area contributed by atoms with Crippen LogP contribution >= 0.6 is 0 Å². The van der Waals surface area contributed by atoms with E-state index in [0.29, 0.717) is 6.10 Å². The summed E-state index contributed by atoms with van der Waals surface area (Å²) in [5.41, 5.74) is 3.46. The molecule has 1 amide bonds. The molecule has 1 aliphatic rings. The Morgan fingerprint density at radius 3 is 2.62 bits per heavy atom. The lowest BCUT2D eigenvalue weighted by molar-refractivity contribution is 0.106. The maximum atomic E-state index is 12.3. The molecule has 0 bridgehead atoms. The summed E-state index contributed by atoms with van der Waals surface area (Å²) in [4.78, 5) is 16.9. The highest BCUT2D eigenvalue weighted by Gasteiger charge is 2.17. The SMILES string of the molecule is C[C@H](OC(=O)NCc1c(-c2ccc(OC3CCCCC3)cn2)cnn1C)c1ccccc1. The molecule has 1 saturated carbocycles. The molecule has 0 radical (unpaired) electrons. The van der Waals surface area contributed by atoms with Gasteiger partial charge in [-0.2, -0.15) is 5.10 Å². The second-order valence-electron chi connectivity index (χ2n) is 8.20. The number of carbonyl (C=O) groups is 1. The summed E-state index contributed by atoms with van der Waals surface area (Å²) in [6, 6.07) is 13.5. The van der Waals surface area contributed by atoms with Gasteiger partial charge in [-0.3, -0.25) is 9.67 Å². The molecule has 2 aromatic heterocycles. The van der Waals surface area contributed by atoms with Gasteiger partial charge in [-0.25, -0.2) is 4.79 Å². The first-order valence-corrected chi connectivity index (χ1v) is 11.2. The number of benzene rings is 1. The molecule has 168 valence electrons. The first-order chi connectivity index (χ1) is 15.6. The fraction of sp³-hybridized carbons (Fsp3) is 0.400. The number of hydrogen-bond donors (Lipinski definition) is 1. The van der Waals surface area contributed by atoms with Crippen molar-refractivity contribution < 1.29 is 14.3 Å². The standard InChI is InChI=1S/C25H30N4O3/c1-18(19-9-5-3-6-10-19)31-25(30)27-17-24-22(16-28-29(24)2)23-14-13-21(15-26-23)32-20-11-7-4-8-12-20/h3,5-6,9-10,13-16,18,20H,4,7-8,11-12,17H2,1-2H3,(H,27,30)/t18-/m0/s1. The molecular formula is C25H30N4O3. The smallest absolute Gasteiger partial charge is 0.408 e. The van der Waals surface area contributed by atoms with Gasteiger partial charge in [0.05, 0.1) is 36.4 Å². The average Bonchev–Trinajstić information content (AvgIpc) is 3.19. The summed E-state index contributed by atoms with van der Waals surface area (Å²) in [6.07, 6.45) is 9.00. The Morgan fingerprint density at radius 2 is 1.91 bits per heavy atom. The summed E-state index contributed by atoms with van der Waals surface area (Å²) in [5.74, 6) is 0.794. The molecule has 4 rings (SSSR count). The lowest BCUT2D eigenvalue weighted by Crippen LogP contribution is -2.26. The van der Waals surface area contributed by atoms with Crippen LogP contribution in [0.4, 0.5) is 4.79 Å². The zero-order valence-corrected chi connectivity index (χ0v) is 18.7.